The third-order valence-corrected chi connectivity index (χ3v) is 9.83. The van der Waals surface area contributed by atoms with Crippen molar-refractivity contribution < 1.29 is 22.9 Å². The lowest BCUT2D eigenvalue weighted by molar-refractivity contribution is -0.387. The molecule has 0 fully saturated rings. The molecule has 5 rings (SSSR count). The molecule has 0 bridgehead atoms. The summed E-state index contributed by atoms with van der Waals surface area (Å²) in [6.45, 7) is 1.89. The summed E-state index contributed by atoms with van der Waals surface area (Å²) in [4.78, 5) is 26.8. The van der Waals surface area contributed by atoms with Crippen LogP contribution in [0.2, 0.25) is 5.02 Å². The molecule has 7 nitrogen and oxygen atoms in total. The number of rotatable bonds is 7. The molecule has 0 aliphatic carbocycles. The van der Waals surface area contributed by atoms with Crippen LogP contribution in [0.3, 0.4) is 0 Å². The molecule has 2 amide bonds. The molecule has 4 aromatic rings. The lowest BCUT2D eigenvalue weighted by Crippen LogP contribution is -2.41. The van der Waals surface area contributed by atoms with Gasteiger partial charge in [-0.2, -0.15) is 18.3 Å². The first-order valence-electron chi connectivity index (χ1n) is 13.2. The second kappa shape index (κ2) is 13.1. The summed E-state index contributed by atoms with van der Waals surface area (Å²) < 4.78 is 42.7. The first-order chi connectivity index (χ1) is 21.3. The third kappa shape index (κ3) is 6.86. The minimum atomic E-state index is -4.65. The number of amides is 2. The molecular weight excluding hydrogens is 713 g/mol. The standard InChI is InChI=1S/C31H23BrClF3N4O3S2/c1-30(20-6-5-7-23(17-20)44-2)18-38(37-28(30)19-10-15-24(25(33)16-19)31(34,35)36)29(41)39(22-13-11-21(32)12-14-22)45-27-9-4-3-8-26(27)40(42)43/h3-17H,18H2,1-2H3. The molecule has 0 saturated carbocycles. The van der Waals surface area contributed by atoms with E-state index in [9.17, 15) is 28.1 Å². The Morgan fingerprint density at radius 2 is 1.78 bits per heavy atom. The molecule has 14 heteroatoms. The van der Waals surface area contributed by atoms with E-state index in [0.29, 0.717) is 17.0 Å². The number of carbonyl (C=O) groups is 1. The number of halogens is 5. The number of hydrazone groups is 1. The van der Waals surface area contributed by atoms with E-state index in [1.165, 1.54) is 45.3 Å². The molecule has 0 spiro atoms. The molecule has 1 aliphatic heterocycles. The van der Waals surface area contributed by atoms with Crippen molar-refractivity contribution >= 4 is 74.4 Å². The van der Waals surface area contributed by atoms with E-state index in [-0.39, 0.29) is 17.1 Å². The van der Waals surface area contributed by atoms with Crippen LogP contribution < -0.4 is 4.31 Å². The van der Waals surface area contributed by atoms with Crippen LogP contribution in [-0.2, 0) is 11.6 Å². The molecule has 1 unspecified atom stereocenters. The summed E-state index contributed by atoms with van der Waals surface area (Å²) >= 11 is 11.9. The molecule has 232 valence electrons. The Bertz CT molecular complexity index is 1810. The second-order valence-electron chi connectivity index (χ2n) is 10.1. The van der Waals surface area contributed by atoms with Gasteiger partial charge in [0.2, 0.25) is 0 Å². The molecule has 0 saturated heterocycles. The summed E-state index contributed by atoms with van der Waals surface area (Å²) in [7, 11) is 0. The zero-order chi connectivity index (χ0) is 32.5. The summed E-state index contributed by atoms with van der Waals surface area (Å²) in [6, 6.07) is 23.3. The maximum absolute atomic E-state index is 14.4. The van der Waals surface area contributed by atoms with Gasteiger partial charge in [0, 0.05) is 32.9 Å². The number of thioether (sulfide) groups is 1. The number of alkyl halides is 3. The van der Waals surface area contributed by atoms with Crippen molar-refractivity contribution in [2.24, 2.45) is 5.10 Å². The Labute approximate surface area is 278 Å². The maximum Gasteiger partial charge on any atom is 0.417 e. The van der Waals surface area contributed by atoms with Gasteiger partial charge < -0.3 is 0 Å². The molecule has 0 N–H and O–H groups in total. The number of nitro groups is 1. The lowest BCUT2D eigenvalue weighted by Gasteiger charge is -2.29. The van der Waals surface area contributed by atoms with Crippen molar-refractivity contribution in [3.8, 4) is 0 Å². The van der Waals surface area contributed by atoms with Gasteiger partial charge in [-0.15, -0.1) is 11.8 Å². The number of nitrogens with zero attached hydrogens (tertiary/aromatic N) is 4. The topological polar surface area (TPSA) is 79.0 Å². The van der Waals surface area contributed by atoms with Crippen molar-refractivity contribution in [1.29, 1.82) is 0 Å². The van der Waals surface area contributed by atoms with E-state index in [2.05, 4.69) is 15.9 Å². The largest absolute Gasteiger partial charge is 0.417 e. The van der Waals surface area contributed by atoms with Gasteiger partial charge >= 0.3 is 12.2 Å². The summed E-state index contributed by atoms with van der Waals surface area (Å²) in [5.41, 5.74) is -0.231. The highest BCUT2D eigenvalue weighted by Gasteiger charge is 2.45. The highest BCUT2D eigenvalue weighted by Crippen LogP contribution is 2.42. The van der Waals surface area contributed by atoms with Crippen molar-refractivity contribution in [3.63, 3.8) is 0 Å². The normalized spacial score (nSPS) is 16.4. The fourth-order valence-corrected chi connectivity index (χ4v) is 6.86. The number of anilines is 1. The smallest absolute Gasteiger partial charge is 0.258 e. The highest BCUT2D eigenvalue weighted by molar-refractivity contribution is 9.10. The summed E-state index contributed by atoms with van der Waals surface area (Å²) in [5, 5.41) is 17.2. The first-order valence-corrected chi connectivity index (χ1v) is 16.4. The molecule has 1 heterocycles. The maximum atomic E-state index is 14.4. The monoisotopic (exact) mass is 734 g/mol. The van der Waals surface area contributed by atoms with Crippen molar-refractivity contribution in [3.05, 3.63) is 127 Å². The molecular formula is C31H23BrClF3N4O3S2. The van der Waals surface area contributed by atoms with Gasteiger partial charge in [0.25, 0.3) is 5.69 Å². The third-order valence-electron chi connectivity index (χ3n) is 7.17. The molecule has 4 aromatic carbocycles. The van der Waals surface area contributed by atoms with E-state index in [1.54, 1.807) is 36.4 Å². The van der Waals surface area contributed by atoms with Crippen molar-refractivity contribution in [1.82, 2.24) is 5.01 Å². The number of hydrogen-bond acceptors (Lipinski definition) is 6. The zero-order valence-corrected chi connectivity index (χ0v) is 27.6. The molecule has 45 heavy (non-hydrogen) atoms. The Morgan fingerprint density at radius 3 is 2.42 bits per heavy atom. The fraction of sp³-hybridized carbons (Fsp3) is 0.161. The van der Waals surface area contributed by atoms with Gasteiger partial charge in [-0.05, 0) is 73.3 Å². The van der Waals surface area contributed by atoms with Gasteiger partial charge in [0.1, 0.15) is 4.90 Å². The Balaban J connectivity index is 1.62. The van der Waals surface area contributed by atoms with Gasteiger partial charge in [-0.25, -0.2) is 14.1 Å². The van der Waals surface area contributed by atoms with E-state index >= 15 is 0 Å². The van der Waals surface area contributed by atoms with Gasteiger partial charge in [0.15, 0.2) is 0 Å². The Kier molecular flexibility index (Phi) is 9.54. The van der Waals surface area contributed by atoms with Crippen LogP contribution in [0.15, 0.2) is 110 Å². The molecule has 1 aliphatic rings. The Hall–Kier alpha value is -3.52. The van der Waals surface area contributed by atoms with E-state index in [0.717, 1.165) is 32.9 Å². The number of hydrogen-bond donors (Lipinski definition) is 0. The van der Waals surface area contributed by atoms with Crippen LogP contribution in [0.25, 0.3) is 0 Å². The van der Waals surface area contributed by atoms with Crippen LogP contribution in [0.4, 0.5) is 29.3 Å². The average Bonchev–Trinajstić information content (AvgIpc) is 3.38. The number of para-hydroxylation sites is 1. The molecule has 0 radical (unpaired) electrons. The predicted octanol–water partition coefficient (Wildman–Crippen LogP) is 10.1. The van der Waals surface area contributed by atoms with Crippen LogP contribution in [0.5, 0.6) is 0 Å². The van der Waals surface area contributed by atoms with Crippen LogP contribution in [-0.4, -0.2) is 34.5 Å². The minimum Gasteiger partial charge on any atom is -0.258 e. The minimum absolute atomic E-state index is 0.0299. The molecule has 1 atom stereocenters. The van der Waals surface area contributed by atoms with Gasteiger partial charge in [-0.1, -0.05) is 57.9 Å². The quantitative estimate of drug-likeness (QED) is 0.0817. The van der Waals surface area contributed by atoms with Crippen LogP contribution >= 0.6 is 51.2 Å². The first kappa shape index (κ1) is 32.9. The lowest BCUT2D eigenvalue weighted by atomic mass is 9.76. The van der Waals surface area contributed by atoms with Crippen LogP contribution in [0, 0.1) is 10.1 Å². The Morgan fingerprint density at radius 1 is 1.07 bits per heavy atom. The van der Waals surface area contributed by atoms with Crippen molar-refractivity contribution in [2.45, 2.75) is 28.3 Å². The predicted molar refractivity (Wildman–Crippen MR) is 176 cm³/mol. The second-order valence-corrected chi connectivity index (χ2v) is 13.3. The van der Waals surface area contributed by atoms with Crippen LogP contribution in [0.1, 0.15) is 23.6 Å². The van der Waals surface area contributed by atoms with Crippen molar-refractivity contribution in [2.75, 3.05) is 17.1 Å². The van der Waals surface area contributed by atoms with E-state index < -0.39 is 33.1 Å². The SMILES string of the molecule is CSc1cccc(C2(C)CN(C(=O)N(Sc3ccccc3[N+](=O)[O-])c3ccc(Br)cc3)N=C2c2ccc(C(F)(F)F)c(Cl)c2)c1. The van der Waals surface area contributed by atoms with E-state index in [1.807, 2.05) is 37.4 Å². The highest BCUT2D eigenvalue weighted by atomic mass is 79.9. The summed E-state index contributed by atoms with van der Waals surface area (Å²) in [5.74, 6) is 0. The summed E-state index contributed by atoms with van der Waals surface area (Å²) in [6.07, 6.45) is -2.72. The number of urea groups is 1. The van der Waals surface area contributed by atoms with Gasteiger partial charge in [0.05, 0.1) is 38.9 Å². The van der Waals surface area contributed by atoms with E-state index in [4.69, 9.17) is 16.7 Å². The number of carbonyl (C=O) groups excluding carboxylic acids is 1. The zero-order valence-electron chi connectivity index (χ0n) is 23.6. The molecule has 0 aromatic heterocycles. The number of benzene rings is 4. The fourth-order valence-electron chi connectivity index (χ4n) is 4.88. The average molecular weight is 736 g/mol. The number of nitro benzene ring substituents is 1. The van der Waals surface area contributed by atoms with Gasteiger partial charge in [-0.3, -0.25) is 10.1 Å².